The molecule has 0 spiro atoms. The highest BCUT2D eigenvalue weighted by Crippen LogP contribution is 2.38. The van der Waals surface area contributed by atoms with E-state index in [1.54, 1.807) is 24.0 Å². The molecule has 0 N–H and O–H groups in total. The van der Waals surface area contributed by atoms with Crippen LogP contribution in [0.1, 0.15) is 43.0 Å². The lowest BCUT2D eigenvalue weighted by Crippen LogP contribution is -2.38. The van der Waals surface area contributed by atoms with Crippen LogP contribution in [0.3, 0.4) is 0 Å². The van der Waals surface area contributed by atoms with Gasteiger partial charge in [-0.15, -0.1) is 0 Å². The average molecular weight is 452 g/mol. The maximum atomic E-state index is 14.3. The molecule has 3 aromatic rings. The van der Waals surface area contributed by atoms with Crippen LogP contribution in [0.5, 0.6) is 5.75 Å². The maximum Gasteiger partial charge on any atom is 0.416 e. The van der Waals surface area contributed by atoms with E-state index in [-0.39, 0.29) is 24.6 Å². The lowest BCUT2D eigenvalue weighted by atomic mass is 9.83. The summed E-state index contributed by atoms with van der Waals surface area (Å²) < 4.78 is 64.6. The second-order valence-corrected chi connectivity index (χ2v) is 8.23. The van der Waals surface area contributed by atoms with Gasteiger partial charge in [-0.3, -0.25) is 13.8 Å². The van der Waals surface area contributed by atoms with Crippen LogP contribution < -0.4 is 10.4 Å². The van der Waals surface area contributed by atoms with E-state index in [4.69, 9.17) is 4.74 Å². The summed E-state index contributed by atoms with van der Waals surface area (Å²) in [5.74, 6) is -0.123. The molecule has 2 aromatic heterocycles. The molecular weight excluding hydrogens is 428 g/mol. The van der Waals surface area contributed by atoms with Crippen LogP contribution in [-0.2, 0) is 19.3 Å². The monoisotopic (exact) mass is 452 g/mol. The van der Waals surface area contributed by atoms with Crippen molar-refractivity contribution in [2.75, 3.05) is 6.61 Å². The molecule has 1 fully saturated rings. The smallest absolute Gasteiger partial charge is 0.416 e. The van der Waals surface area contributed by atoms with E-state index >= 15 is 0 Å². The minimum atomic E-state index is -4.65. The molecule has 0 aliphatic heterocycles. The summed E-state index contributed by atoms with van der Waals surface area (Å²) in [5, 5.41) is 4.17. The predicted octanol–water partition coefficient (Wildman–Crippen LogP) is 4.50. The van der Waals surface area contributed by atoms with Crippen molar-refractivity contribution in [3.63, 3.8) is 0 Å². The molecule has 4 rings (SSSR count). The molecule has 1 aliphatic carbocycles. The van der Waals surface area contributed by atoms with E-state index < -0.39 is 23.1 Å². The van der Waals surface area contributed by atoms with Crippen LogP contribution in [0, 0.1) is 6.92 Å². The standard InChI is InChI=1S/C22H24F4N4O2/c1-3-29-13-16(10-27-29)12-28-11-15(2)30(20(28)31)18-7-17(22(24,25)26)8-19(9-18)32-14-21(23)5-4-6-21/h7-11,13H,3-6,12,14H2,1-2H3. The summed E-state index contributed by atoms with van der Waals surface area (Å²) in [6.07, 6.45) is 1.77. The van der Waals surface area contributed by atoms with Crippen molar-refractivity contribution in [3.05, 3.63) is 64.1 Å². The Balaban J connectivity index is 1.69. The largest absolute Gasteiger partial charge is 0.490 e. The third-order valence-corrected chi connectivity index (χ3v) is 5.72. The Labute approximate surface area is 182 Å². The zero-order chi connectivity index (χ0) is 23.1. The van der Waals surface area contributed by atoms with Crippen molar-refractivity contribution >= 4 is 0 Å². The molecule has 1 aromatic carbocycles. The quantitative estimate of drug-likeness (QED) is 0.496. The Morgan fingerprint density at radius 3 is 2.53 bits per heavy atom. The van der Waals surface area contributed by atoms with E-state index in [1.807, 2.05) is 13.1 Å². The lowest BCUT2D eigenvalue weighted by molar-refractivity contribution is -0.137. The van der Waals surface area contributed by atoms with Gasteiger partial charge >= 0.3 is 11.9 Å². The van der Waals surface area contributed by atoms with Gasteiger partial charge in [-0.2, -0.15) is 18.3 Å². The molecule has 6 nitrogen and oxygen atoms in total. The molecule has 32 heavy (non-hydrogen) atoms. The highest BCUT2D eigenvalue weighted by Gasteiger charge is 2.38. The number of aryl methyl sites for hydroxylation is 2. The number of benzene rings is 1. The summed E-state index contributed by atoms with van der Waals surface area (Å²) in [6, 6.07) is 3.07. The first-order valence-electron chi connectivity index (χ1n) is 10.4. The molecule has 0 bridgehead atoms. The lowest BCUT2D eigenvalue weighted by Gasteiger charge is -2.33. The summed E-state index contributed by atoms with van der Waals surface area (Å²) in [5.41, 5.74) is -1.68. The van der Waals surface area contributed by atoms with E-state index in [2.05, 4.69) is 5.10 Å². The van der Waals surface area contributed by atoms with Gasteiger partial charge in [-0.25, -0.2) is 9.18 Å². The van der Waals surface area contributed by atoms with Gasteiger partial charge in [0.1, 0.15) is 18.0 Å². The van der Waals surface area contributed by atoms with Crippen molar-refractivity contribution < 1.29 is 22.3 Å². The topological polar surface area (TPSA) is 54.0 Å². The first-order valence-corrected chi connectivity index (χ1v) is 10.4. The Morgan fingerprint density at radius 2 is 1.94 bits per heavy atom. The zero-order valence-electron chi connectivity index (χ0n) is 17.8. The first kappa shape index (κ1) is 22.2. The SMILES string of the molecule is CCn1cc(Cn2cc(C)n(-c3cc(OCC4(F)CCC4)cc(C(F)(F)F)c3)c2=O)cn1. The summed E-state index contributed by atoms with van der Waals surface area (Å²) in [4.78, 5) is 13.0. The van der Waals surface area contributed by atoms with Crippen LogP contribution in [-0.4, -0.2) is 31.2 Å². The number of imidazole rings is 1. The van der Waals surface area contributed by atoms with Gasteiger partial charge in [0, 0.05) is 36.3 Å². The molecule has 2 heterocycles. The van der Waals surface area contributed by atoms with E-state index in [1.165, 1.54) is 15.2 Å². The van der Waals surface area contributed by atoms with Crippen LogP contribution in [0.2, 0.25) is 0 Å². The summed E-state index contributed by atoms with van der Waals surface area (Å²) in [6.45, 7) is 4.18. The second kappa shape index (κ2) is 8.14. The number of hydrogen-bond donors (Lipinski definition) is 0. The molecule has 1 aliphatic rings. The number of hydrogen-bond acceptors (Lipinski definition) is 3. The number of rotatable bonds is 7. The summed E-state index contributed by atoms with van der Waals surface area (Å²) in [7, 11) is 0. The molecule has 0 saturated heterocycles. The molecule has 0 unspecified atom stereocenters. The molecule has 1 saturated carbocycles. The fraction of sp³-hybridized carbons (Fsp3) is 0.455. The molecule has 0 atom stereocenters. The zero-order valence-corrected chi connectivity index (χ0v) is 17.8. The number of nitrogens with zero attached hydrogens (tertiary/aromatic N) is 4. The van der Waals surface area contributed by atoms with E-state index in [9.17, 15) is 22.4 Å². The fourth-order valence-electron chi connectivity index (χ4n) is 3.78. The third-order valence-electron chi connectivity index (χ3n) is 5.72. The molecule has 0 amide bonds. The van der Waals surface area contributed by atoms with Crippen molar-refractivity contribution in [2.45, 2.75) is 58.0 Å². The number of halogens is 4. The average Bonchev–Trinajstić information content (AvgIpc) is 3.28. The van der Waals surface area contributed by atoms with Gasteiger partial charge < -0.3 is 4.74 Å². The molecule has 10 heteroatoms. The van der Waals surface area contributed by atoms with Crippen molar-refractivity contribution in [1.29, 1.82) is 0 Å². The van der Waals surface area contributed by atoms with Gasteiger partial charge in [0.25, 0.3) is 0 Å². The predicted molar refractivity (Wildman–Crippen MR) is 110 cm³/mol. The van der Waals surface area contributed by atoms with Gasteiger partial charge in [0.05, 0.1) is 24.0 Å². The Kier molecular flexibility index (Phi) is 5.64. The molecule has 172 valence electrons. The summed E-state index contributed by atoms with van der Waals surface area (Å²) >= 11 is 0. The Morgan fingerprint density at radius 1 is 1.19 bits per heavy atom. The molecular formula is C22H24F4N4O2. The van der Waals surface area contributed by atoms with Gasteiger partial charge in [-0.1, -0.05) is 0 Å². The maximum absolute atomic E-state index is 14.3. The number of ether oxygens (including phenoxy) is 1. The minimum absolute atomic E-state index is 0.0156. The minimum Gasteiger partial charge on any atom is -0.490 e. The fourth-order valence-corrected chi connectivity index (χ4v) is 3.78. The third kappa shape index (κ3) is 4.44. The Hall–Kier alpha value is -3.04. The normalized spacial score (nSPS) is 15.6. The first-order chi connectivity index (χ1) is 15.1. The van der Waals surface area contributed by atoms with Crippen molar-refractivity contribution in [2.24, 2.45) is 0 Å². The van der Waals surface area contributed by atoms with Crippen LogP contribution in [0.15, 0.2) is 41.6 Å². The highest BCUT2D eigenvalue weighted by atomic mass is 19.4. The van der Waals surface area contributed by atoms with Gasteiger partial charge in [-0.05, 0) is 45.2 Å². The van der Waals surface area contributed by atoms with Crippen molar-refractivity contribution in [3.8, 4) is 11.4 Å². The van der Waals surface area contributed by atoms with Crippen LogP contribution >= 0.6 is 0 Å². The number of aromatic nitrogens is 4. The van der Waals surface area contributed by atoms with Crippen molar-refractivity contribution in [1.82, 2.24) is 18.9 Å². The van der Waals surface area contributed by atoms with Crippen LogP contribution in [0.25, 0.3) is 5.69 Å². The highest BCUT2D eigenvalue weighted by molar-refractivity contribution is 5.45. The van der Waals surface area contributed by atoms with Gasteiger partial charge in [0.2, 0.25) is 0 Å². The van der Waals surface area contributed by atoms with Gasteiger partial charge in [0.15, 0.2) is 0 Å². The molecule has 0 radical (unpaired) electrons. The van der Waals surface area contributed by atoms with E-state index in [0.717, 1.165) is 24.1 Å². The number of alkyl halides is 4. The van der Waals surface area contributed by atoms with Crippen LogP contribution in [0.4, 0.5) is 17.6 Å². The van der Waals surface area contributed by atoms with E-state index in [0.29, 0.717) is 25.1 Å². The second-order valence-electron chi connectivity index (χ2n) is 8.23. The Bertz CT molecular complexity index is 1170.